The molecule has 0 bridgehead atoms. The van der Waals surface area contributed by atoms with Crippen LogP contribution in [0, 0.1) is 5.92 Å². The van der Waals surface area contributed by atoms with Crippen LogP contribution in [0.15, 0.2) is 0 Å². The number of hydrogen-bond acceptors (Lipinski definition) is 3. The van der Waals surface area contributed by atoms with Crippen molar-refractivity contribution in [3.8, 4) is 0 Å². The van der Waals surface area contributed by atoms with E-state index < -0.39 is 0 Å². The lowest BCUT2D eigenvalue weighted by molar-refractivity contribution is -0.124. The SMILES string of the molecule is NC(=O)C1CCC(NC(=O)C2CCCN2)CC1. The minimum absolute atomic E-state index is 0.00718. The van der Waals surface area contributed by atoms with E-state index in [-0.39, 0.29) is 29.8 Å². The van der Waals surface area contributed by atoms with Gasteiger partial charge in [-0.15, -0.1) is 0 Å². The van der Waals surface area contributed by atoms with E-state index in [2.05, 4.69) is 10.6 Å². The van der Waals surface area contributed by atoms with E-state index in [4.69, 9.17) is 5.73 Å². The molecule has 5 heteroatoms. The Labute approximate surface area is 102 Å². The number of hydrogen-bond donors (Lipinski definition) is 3. The van der Waals surface area contributed by atoms with Gasteiger partial charge in [-0.1, -0.05) is 0 Å². The smallest absolute Gasteiger partial charge is 0.237 e. The fourth-order valence-corrected chi connectivity index (χ4v) is 2.73. The van der Waals surface area contributed by atoms with Crippen molar-refractivity contribution in [3.63, 3.8) is 0 Å². The minimum Gasteiger partial charge on any atom is -0.369 e. The number of nitrogens with two attached hydrogens (primary N) is 1. The van der Waals surface area contributed by atoms with Crippen LogP contribution in [0.1, 0.15) is 38.5 Å². The molecule has 0 spiro atoms. The third kappa shape index (κ3) is 3.19. The highest BCUT2D eigenvalue weighted by Gasteiger charge is 2.28. The van der Waals surface area contributed by atoms with Gasteiger partial charge in [0.25, 0.3) is 0 Å². The molecule has 2 fully saturated rings. The Balaban J connectivity index is 1.74. The average molecular weight is 239 g/mol. The average Bonchev–Trinajstić information content (AvgIpc) is 2.83. The second-order valence-corrected chi connectivity index (χ2v) is 5.11. The summed E-state index contributed by atoms with van der Waals surface area (Å²) in [5.41, 5.74) is 5.28. The Kier molecular flexibility index (Phi) is 3.99. The maximum Gasteiger partial charge on any atom is 0.237 e. The van der Waals surface area contributed by atoms with Crippen molar-refractivity contribution in [2.45, 2.75) is 50.6 Å². The van der Waals surface area contributed by atoms with E-state index in [1.165, 1.54) is 0 Å². The first-order valence-electron chi connectivity index (χ1n) is 6.50. The summed E-state index contributed by atoms with van der Waals surface area (Å²) < 4.78 is 0. The van der Waals surface area contributed by atoms with E-state index in [1.54, 1.807) is 0 Å². The van der Waals surface area contributed by atoms with Crippen molar-refractivity contribution in [3.05, 3.63) is 0 Å². The standard InChI is InChI=1S/C12H21N3O2/c13-11(16)8-3-5-9(6-4-8)15-12(17)10-2-1-7-14-10/h8-10,14H,1-7H2,(H2,13,16)(H,15,17). The number of primary amides is 1. The second kappa shape index (κ2) is 5.49. The van der Waals surface area contributed by atoms with Crippen molar-refractivity contribution in [2.24, 2.45) is 11.7 Å². The summed E-state index contributed by atoms with van der Waals surface area (Å²) in [6, 6.07) is 0.212. The first kappa shape index (κ1) is 12.4. The molecule has 0 radical (unpaired) electrons. The Morgan fingerprint density at radius 1 is 1.12 bits per heavy atom. The van der Waals surface area contributed by atoms with Crippen LogP contribution in [0.2, 0.25) is 0 Å². The molecule has 0 aromatic carbocycles. The molecular formula is C12H21N3O2. The van der Waals surface area contributed by atoms with Crippen molar-refractivity contribution in [1.29, 1.82) is 0 Å². The van der Waals surface area contributed by atoms with Crippen LogP contribution in [0.3, 0.4) is 0 Å². The van der Waals surface area contributed by atoms with Crippen molar-refractivity contribution in [2.75, 3.05) is 6.54 Å². The molecule has 17 heavy (non-hydrogen) atoms. The van der Waals surface area contributed by atoms with E-state index in [0.717, 1.165) is 45.1 Å². The molecule has 1 atom stereocenters. The zero-order chi connectivity index (χ0) is 12.3. The Morgan fingerprint density at radius 3 is 2.35 bits per heavy atom. The van der Waals surface area contributed by atoms with Crippen LogP contribution in [0.5, 0.6) is 0 Å². The second-order valence-electron chi connectivity index (χ2n) is 5.11. The fraction of sp³-hybridized carbons (Fsp3) is 0.833. The zero-order valence-electron chi connectivity index (χ0n) is 10.1. The summed E-state index contributed by atoms with van der Waals surface area (Å²) >= 11 is 0. The van der Waals surface area contributed by atoms with Gasteiger partial charge in [-0.2, -0.15) is 0 Å². The predicted octanol–water partition coefficient (Wildman–Crippen LogP) is -0.101. The normalized spacial score (nSPS) is 33.3. The van der Waals surface area contributed by atoms with E-state index in [0.29, 0.717) is 0 Å². The molecular weight excluding hydrogens is 218 g/mol. The van der Waals surface area contributed by atoms with E-state index in [9.17, 15) is 9.59 Å². The molecule has 1 saturated heterocycles. The number of amides is 2. The topological polar surface area (TPSA) is 84.2 Å². The van der Waals surface area contributed by atoms with Crippen molar-refractivity contribution in [1.82, 2.24) is 10.6 Å². The highest BCUT2D eigenvalue weighted by Crippen LogP contribution is 2.24. The highest BCUT2D eigenvalue weighted by atomic mass is 16.2. The van der Waals surface area contributed by atoms with Crippen molar-refractivity contribution < 1.29 is 9.59 Å². The van der Waals surface area contributed by atoms with Gasteiger partial charge >= 0.3 is 0 Å². The maximum absolute atomic E-state index is 11.9. The van der Waals surface area contributed by atoms with Crippen LogP contribution >= 0.6 is 0 Å². The van der Waals surface area contributed by atoms with Crippen LogP contribution in [0.4, 0.5) is 0 Å². The first-order chi connectivity index (χ1) is 8.16. The molecule has 5 nitrogen and oxygen atoms in total. The summed E-state index contributed by atoms with van der Waals surface area (Å²) in [5.74, 6) is -0.0787. The highest BCUT2D eigenvalue weighted by molar-refractivity contribution is 5.82. The summed E-state index contributed by atoms with van der Waals surface area (Å²) in [5, 5.41) is 6.25. The van der Waals surface area contributed by atoms with Gasteiger partial charge in [0.1, 0.15) is 0 Å². The van der Waals surface area contributed by atoms with Gasteiger partial charge < -0.3 is 16.4 Å². The van der Waals surface area contributed by atoms with E-state index >= 15 is 0 Å². The molecule has 4 N–H and O–H groups in total. The van der Waals surface area contributed by atoms with Crippen LogP contribution < -0.4 is 16.4 Å². The summed E-state index contributed by atoms with van der Waals surface area (Å²) in [6.07, 6.45) is 5.35. The number of rotatable bonds is 3. The van der Waals surface area contributed by atoms with Gasteiger partial charge in [-0.3, -0.25) is 9.59 Å². The Bertz CT molecular complexity index is 292. The maximum atomic E-state index is 11.9. The Hall–Kier alpha value is -1.10. The third-order valence-corrected chi connectivity index (χ3v) is 3.85. The van der Waals surface area contributed by atoms with Gasteiger partial charge in [0.2, 0.25) is 11.8 Å². The zero-order valence-corrected chi connectivity index (χ0v) is 10.1. The lowest BCUT2D eigenvalue weighted by atomic mass is 9.85. The monoisotopic (exact) mass is 239 g/mol. The third-order valence-electron chi connectivity index (χ3n) is 3.85. The van der Waals surface area contributed by atoms with Crippen LogP contribution in [-0.4, -0.2) is 30.4 Å². The molecule has 1 aliphatic heterocycles. The first-order valence-corrected chi connectivity index (χ1v) is 6.50. The molecule has 2 rings (SSSR count). The molecule has 0 aromatic heterocycles. The van der Waals surface area contributed by atoms with Gasteiger partial charge in [-0.05, 0) is 45.1 Å². The molecule has 96 valence electrons. The Morgan fingerprint density at radius 2 is 1.82 bits per heavy atom. The number of nitrogens with one attached hydrogen (secondary N) is 2. The molecule has 0 aromatic rings. The molecule has 1 aliphatic carbocycles. The molecule has 1 unspecified atom stereocenters. The number of carbonyl (C=O) groups excluding carboxylic acids is 2. The summed E-state index contributed by atoms with van der Waals surface area (Å²) in [6.45, 7) is 0.937. The fourth-order valence-electron chi connectivity index (χ4n) is 2.73. The predicted molar refractivity (Wildman–Crippen MR) is 64.1 cm³/mol. The van der Waals surface area contributed by atoms with Gasteiger partial charge in [-0.25, -0.2) is 0 Å². The minimum atomic E-state index is -0.202. The van der Waals surface area contributed by atoms with Gasteiger partial charge in [0.05, 0.1) is 6.04 Å². The van der Waals surface area contributed by atoms with Gasteiger partial charge in [0, 0.05) is 12.0 Å². The molecule has 1 saturated carbocycles. The molecule has 2 amide bonds. The lowest BCUT2D eigenvalue weighted by Crippen LogP contribution is -2.46. The van der Waals surface area contributed by atoms with Gasteiger partial charge in [0.15, 0.2) is 0 Å². The largest absolute Gasteiger partial charge is 0.369 e. The molecule has 1 heterocycles. The van der Waals surface area contributed by atoms with Crippen LogP contribution in [-0.2, 0) is 9.59 Å². The van der Waals surface area contributed by atoms with Crippen molar-refractivity contribution >= 4 is 11.8 Å². The summed E-state index contributed by atoms with van der Waals surface area (Å²) in [7, 11) is 0. The molecule has 2 aliphatic rings. The van der Waals surface area contributed by atoms with Crippen LogP contribution in [0.25, 0.3) is 0 Å². The number of carbonyl (C=O) groups is 2. The lowest BCUT2D eigenvalue weighted by Gasteiger charge is -2.28. The van der Waals surface area contributed by atoms with E-state index in [1.807, 2.05) is 0 Å². The summed E-state index contributed by atoms with van der Waals surface area (Å²) in [4.78, 5) is 22.9. The quantitative estimate of drug-likeness (QED) is 0.643.